The van der Waals surface area contributed by atoms with Crippen LogP contribution in [0.1, 0.15) is 22.3 Å². The Labute approximate surface area is 416 Å². The summed E-state index contributed by atoms with van der Waals surface area (Å²) in [5, 5.41) is 2.57. The molecule has 0 atom stereocenters. The van der Waals surface area contributed by atoms with Gasteiger partial charge in [-0.05, 0) is 119 Å². The molecule has 0 unspecified atom stereocenters. The second-order valence-electron chi connectivity index (χ2n) is 20.0. The number of rotatable bonds is 4. The van der Waals surface area contributed by atoms with Crippen molar-refractivity contribution in [3.63, 3.8) is 0 Å². The molecule has 0 bridgehead atoms. The molecule has 2 aliphatic heterocycles. The van der Waals surface area contributed by atoms with Crippen LogP contribution in [0.3, 0.4) is 0 Å². The van der Waals surface area contributed by atoms with Crippen LogP contribution < -0.4 is 16.4 Å². The smallest absolute Gasteiger partial charge is 0.252 e. The molecule has 13 aromatic rings. The molecule has 4 heterocycles. The molecule has 0 fully saturated rings. The maximum absolute atomic E-state index is 5.79. The van der Waals surface area contributed by atoms with E-state index in [1.807, 2.05) is 0 Å². The number of benzene rings is 11. The largest absolute Gasteiger partial charge is 0.310 e. The average Bonchev–Trinajstić information content (AvgIpc) is 4.19. The predicted octanol–water partition coefficient (Wildman–Crippen LogP) is 14.3. The monoisotopic (exact) mass is 909 g/mol. The third-order valence-corrected chi connectivity index (χ3v) is 16.7. The highest BCUT2D eigenvalue weighted by atomic mass is 15.1. The van der Waals surface area contributed by atoms with E-state index in [0.29, 0.717) is 0 Å². The lowest BCUT2D eigenvalue weighted by Crippen LogP contribution is -2.59. The Kier molecular flexibility index (Phi) is 7.48. The molecule has 17 rings (SSSR count). The third-order valence-electron chi connectivity index (χ3n) is 16.7. The summed E-state index contributed by atoms with van der Waals surface area (Å²) in [5.74, 6) is 0.943. The predicted molar refractivity (Wildman–Crippen MR) is 298 cm³/mol. The first-order valence-electron chi connectivity index (χ1n) is 25.2. The Hall–Kier alpha value is -9.25. The first-order valence-corrected chi connectivity index (χ1v) is 25.2. The van der Waals surface area contributed by atoms with Crippen molar-refractivity contribution in [3.8, 4) is 78.4 Å². The maximum Gasteiger partial charge on any atom is 0.252 e. The van der Waals surface area contributed by atoms with Crippen LogP contribution in [-0.4, -0.2) is 20.8 Å². The lowest BCUT2D eigenvalue weighted by atomic mass is 9.34. The average molecular weight is 910 g/mol. The zero-order valence-corrected chi connectivity index (χ0v) is 39.0. The maximum atomic E-state index is 5.79. The molecule has 0 N–H and O–H groups in total. The van der Waals surface area contributed by atoms with Crippen LogP contribution in [-0.2, 0) is 5.41 Å². The Morgan fingerprint density at radius 1 is 0.333 bits per heavy atom. The molecule has 4 heteroatoms. The first kappa shape index (κ1) is 38.6. The number of imidazole rings is 1. The van der Waals surface area contributed by atoms with Gasteiger partial charge in [0, 0.05) is 38.8 Å². The van der Waals surface area contributed by atoms with Crippen LogP contribution in [0, 0.1) is 0 Å². The number of aromatic nitrogens is 3. The minimum absolute atomic E-state index is 0.000342. The van der Waals surface area contributed by atoms with Crippen LogP contribution in [0.25, 0.3) is 111 Å². The van der Waals surface area contributed by atoms with Gasteiger partial charge in [-0.25, -0.2) is 4.98 Å². The van der Waals surface area contributed by atoms with E-state index in [1.165, 1.54) is 111 Å². The normalized spacial score (nSPS) is 13.6. The van der Waals surface area contributed by atoms with Gasteiger partial charge in [-0.15, -0.1) is 0 Å². The molecular weight excluding hydrogens is 870 g/mol. The highest BCUT2D eigenvalue weighted by Gasteiger charge is 2.53. The van der Waals surface area contributed by atoms with Gasteiger partial charge in [-0.3, -0.25) is 4.57 Å². The molecule has 1 spiro atoms. The molecule has 72 heavy (non-hydrogen) atoms. The molecule has 0 saturated heterocycles. The summed E-state index contributed by atoms with van der Waals surface area (Å²) in [7, 11) is 0. The minimum atomic E-state index is -0.445. The number of fused-ring (bicyclic) bond motifs is 18. The fourth-order valence-electron chi connectivity index (χ4n) is 14.1. The van der Waals surface area contributed by atoms with Crippen LogP contribution in [0.15, 0.2) is 243 Å². The molecule has 4 aliphatic rings. The SMILES string of the molecule is c1ccc(-c2cc(-c3ccccc3)c(-c3nc4cccc5c4n3-c3cccc4c3B5c3cccc5c6ccc7c(c6n-4c35)-c3ccccc3C73c4ccccc4-c4ccccc43)c(-c3ccccc3)c2)cc1. The molecule has 0 amide bonds. The molecule has 3 nitrogen and oxygen atoms in total. The summed E-state index contributed by atoms with van der Waals surface area (Å²) in [6, 6.07) is 90.7. The van der Waals surface area contributed by atoms with Crippen LogP contribution in [0.5, 0.6) is 0 Å². The third kappa shape index (κ3) is 4.70. The molecule has 330 valence electrons. The molecule has 0 saturated carbocycles. The summed E-state index contributed by atoms with van der Waals surface area (Å²) in [4.78, 5) is 5.79. The van der Waals surface area contributed by atoms with E-state index in [-0.39, 0.29) is 6.71 Å². The standard InChI is InChI=1S/C68H40BN3/c1-4-19-41(20-5-1)44-39-50(42-21-6-2-7-22-42)61(51(40-44)43-23-8-3-9-24-43)67-70-58-34-17-33-57-66(58)72(67)60-36-18-35-59-63(60)69(57)56-32-16-28-47-48-37-38-55-62(65(48)71(59)64(47)56)49-27-12-15-31-54(49)68(55)52-29-13-10-25-45(52)46-26-11-14-30-53(46)68/h1-40H. The Morgan fingerprint density at radius 2 is 0.847 bits per heavy atom. The highest BCUT2D eigenvalue weighted by molar-refractivity contribution is 7.00. The fourth-order valence-corrected chi connectivity index (χ4v) is 14.1. The molecule has 2 aliphatic carbocycles. The van der Waals surface area contributed by atoms with Gasteiger partial charge in [0.1, 0.15) is 5.82 Å². The van der Waals surface area contributed by atoms with Crippen molar-refractivity contribution in [2.24, 2.45) is 0 Å². The van der Waals surface area contributed by atoms with Gasteiger partial charge < -0.3 is 4.57 Å². The molecule has 0 radical (unpaired) electrons. The number of para-hydroxylation sites is 2. The van der Waals surface area contributed by atoms with Crippen LogP contribution >= 0.6 is 0 Å². The number of hydrogen-bond acceptors (Lipinski definition) is 1. The van der Waals surface area contributed by atoms with E-state index >= 15 is 0 Å². The van der Waals surface area contributed by atoms with Gasteiger partial charge >= 0.3 is 0 Å². The summed E-state index contributed by atoms with van der Waals surface area (Å²) < 4.78 is 5.19. The molecule has 11 aromatic carbocycles. The van der Waals surface area contributed by atoms with Crippen LogP contribution in [0.2, 0.25) is 0 Å². The van der Waals surface area contributed by atoms with Gasteiger partial charge in [0.15, 0.2) is 0 Å². The van der Waals surface area contributed by atoms with E-state index in [2.05, 4.69) is 252 Å². The Morgan fingerprint density at radius 3 is 1.50 bits per heavy atom. The van der Waals surface area contributed by atoms with Crippen molar-refractivity contribution >= 4 is 55.9 Å². The Bertz CT molecular complexity index is 4400. The molecule has 2 aromatic heterocycles. The fraction of sp³-hybridized carbons (Fsp3) is 0.0147. The van der Waals surface area contributed by atoms with E-state index in [9.17, 15) is 0 Å². The van der Waals surface area contributed by atoms with Gasteiger partial charge in [-0.1, -0.05) is 212 Å². The van der Waals surface area contributed by atoms with Crippen molar-refractivity contribution in [3.05, 3.63) is 265 Å². The van der Waals surface area contributed by atoms with Crippen LogP contribution in [0.4, 0.5) is 0 Å². The first-order chi connectivity index (χ1) is 35.8. The van der Waals surface area contributed by atoms with Crippen molar-refractivity contribution < 1.29 is 0 Å². The highest BCUT2D eigenvalue weighted by Crippen LogP contribution is 2.64. The van der Waals surface area contributed by atoms with Gasteiger partial charge in [-0.2, -0.15) is 0 Å². The van der Waals surface area contributed by atoms with Crippen molar-refractivity contribution in [2.75, 3.05) is 0 Å². The zero-order chi connectivity index (χ0) is 46.8. The zero-order valence-electron chi connectivity index (χ0n) is 39.0. The number of hydrogen-bond donors (Lipinski definition) is 0. The van der Waals surface area contributed by atoms with Gasteiger partial charge in [0.05, 0.1) is 22.0 Å². The van der Waals surface area contributed by atoms with Gasteiger partial charge in [0.2, 0.25) is 0 Å². The molecular formula is C68H40BN3. The summed E-state index contributed by atoms with van der Waals surface area (Å²) in [6.45, 7) is 0.000342. The van der Waals surface area contributed by atoms with Crippen molar-refractivity contribution in [2.45, 2.75) is 5.41 Å². The second-order valence-corrected chi connectivity index (χ2v) is 20.0. The Balaban J connectivity index is 0.991. The van der Waals surface area contributed by atoms with Crippen molar-refractivity contribution in [1.29, 1.82) is 0 Å². The number of nitrogens with zero attached hydrogens (tertiary/aromatic N) is 3. The summed E-state index contributed by atoms with van der Waals surface area (Å²) in [6.07, 6.45) is 0. The summed E-state index contributed by atoms with van der Waals surface area (Å²) >= 11 is 0. The summed E-state index contributed by atoms with van der Waals surface area (Å²) in [5.41, 5.74) is 29.4. The van der Waals surface area contributed by atoms with Crippen molar-refractivity contribution in [1.82, 2.24) is 14.1 Å². The van der Waals surface area contributed by atoms with Gasteiger partial charge in [0.25, 0.3) is 6.71 Å². The van der Waals surface area contributed by atoms with E-state index in [0.717, 1.165) is 39.2 Å². The second kappa shape index (κ2) is 14.0. The minimum Gasteiger partial charge on any atom is -0.310 e. The topological polar surface area (TPSA) is 22.8 Å². The lowest BCUT2D eigenvalue weighted by Gasteiger charge is -2.34. The lowest BCUT2D eigenvalue weighted by molar-refractivity contribution is 0.794. The quantitative estimate of drug-likeness (QED) is 0.161. The van der Waals surface area contributed by atoms with E-state index in [1.54, 1.807) is 0 Å². The van der Waals surface area contributed by atoms with E-state index in [4.69, 9.17) is 4.98 Å². The van der Waals surface area contributed by atoms with E-state index < -0.39 is 5.41 Å².